The fraction of sp³-hybridized carbons (Fsp3) is 0.867. The van der Waals surface area contributed by atoms with Crippen LogP contribution in [0.5, 0.6) is 0 Å². The molecular weight excluding hydrogens is 208 g/mol. The van der Waals surface area contributed by atoms with Crippen molar-refractivity contribution in [2.75, 3.05) is 6.54 Å². The lowest BCUT2D eigenvalue weighted by Gasteiger charge is -2.41. The molecule has 98 valence electrons. The molecule has 0 amide bonds. The van der Waals surface area contributed by atoms with Gasteiger partial charge in [-0.05, 0) is 38.0 Å². The van der Waals surface area contributed by atoms with Crippen LogP contribution in [0.15, 0.2) is 0 Å². The molecule has 0 bridgehead atoms. The Bertz CT molecular complexity index is 246. The van der Waals surface area contributed by atoms with Crippen LogP contribution in [-0.2, 0) is 0 Å². The number of terminal acetylenes is 1. The van der Waals surface area contributed by atoms with E-state index in [0.717, 1.165) is 18.8 Å². The standard InChI is InChI=1S/C15H28N2/c1-4-7-14(6-3)17-15(12-16)10-8-13(5-2)9-11-15/h3,13-14,17H,4-5,7-12,16H2,1-2H3. The molecule has 2 heteroatoms. The fourth-order valence-electron chi connectivity index (χ4n) is 2.90. The molecule has 0 aliphatic heterocycles. The fourth-order valence-corrected chi connectivity index (χ4v) is 2.90. The molecule has 3 N–H and O–H groups in total. The molecule has 1 fully saturated rings. The third-order valence-electron chi connectivity index (χ3n) is 4.29. The van der Waals surface area contributed by atoms with Gasteiger partial charge >= 0.3 is 0 Å². The van der Waals surface area contributed by atoms with E-state index in [0.29, 0.717) is 6.54 Å². The van der Waals surface area contributed by atoms with E-state index in [-0.39, 0.29) is 11.6 Å². The summed E-state index contributed by atoms with van der Waals surface area (Å²) < 4.78 is 0. The van der Waals surface area contributed by atoms with Crippen LogP contribution in [0.2, 0.25) is 0 Å². The zero-order valence-corrected chi connectivity index (χ0v) is 11.5. The van der Waals surface area contributed by atoms with Crippen molar-refractivity contribution in [3.63, 3.8) is 0 Å². The first-order chi connectivity index (χ1) is 8.19. The highest BCUT2D eigenvalue weighted by molar-refractivity contribution is 5.05. The number of rotatable bonds is 6. The number of nitrogens with one attached hydrogen (secondary N) is 1. The van der Waals surface area contributed by atoms with Crippen LogP contribution in [-0.4, -0.2) is 18.1 Å². The van der Waals surface area contributed by atoms with Crippen LogP contribution >= 0.6 is 0 Å². The Morgan fingerprint density at radius 3 is 2.47 bits per heavy atom. The third-order valence-corrected chi connectivity index (χ3v) is 4.29. The lowest BCUT2D eigenvalue weighted by molar-refractivity contribution is 0.181. The molecule has 1 rings (SSSR count). The molecule has 1 atom stereocenters. The summed E-state index contributed by atoms with van der Waals surface area (Å²) in [5.41, 5.74) is 6.10. The molecule has 2 nitrogen and oxygen atoms in total. The smallest absolute Gasteiger partial charge is 0.0691 e. The van der Waals surface area contributed by atoms with Crippen molar-refractivity contribution in [3.8, 4) is 12.3 Å². The second kappa shape index (κ2) is 7.03. The lowest BCUT2D eigenvalue weighted by Crippen LogP contribution is -2.56. The van der Waals surface area contributed by atoms with E-state index < -0.39 is 0 Å². The maximum atomic E-state index is 5.99. The van der Waals surface area contributed by atoms with Crippen LogP contribution in [0.1, 0.15) is 58.8 Å². The van der Waals surface area contributed by atoms with E-state index in [1.807, 2.05) is 0 Å². The molecule has 1 aliphatic carbocycles. The third kappa shape index (κ3) is 4.01. The van der Waals surface area contributed by atoms with Gasteiger partial charge in [0.15, 0.2) is 0 Å². The van der Waals surface area contributed by atoms with Crippen LogP contribution in [0, 0.1) is 18.3 Å². The van der Waals surface area contributed by atoms with Gasteiger partial charge in [0.1, 0.15) is 0 Å². The molecule has 0 aromatic rings. The lowest BCUT2D eigenvalue weighted by atomic mass is 9.75. The Kier molecular flexibility index (Phi) is 6.02. The summed E-state index contributed by atoms with van der Waals surface area (Å²) >= 11 is 0. The molecular formula is C15H28N2. The second-order valence-corrected chi connectivity index (χ2v) is 5.49. The van der Waals surface area contributed by atoms with Gasteiger partial charge in [0.05, 0.1) is 6.04 Å². The first-order valence-corrected chi connectivity index (χ1v) is 7.13. The van der Waals surface area contributed by atoms with Crippen molar-refractivity contribution >= 4 is 0 Å². The molecule has 0 radical (unpaired) electrons. The number of nitrogens with two attached hydrogens (primary N) is 1. The highest BCUT2D eigenvalue weighted by atomic mass is 15.0. The first kappa shape index (κ1) is 14.5. The minimum absolute atomic E-state index is 0.109. The van der Waals surface area contributed by atoms with Crippen molar-refractivity contribution in [1.29, 1.82) is 0 Å². The zero-order valence-electron chi connectivity index (χ0n) is 11.5. The predicted octanol–water partition coefficient (Wildman–Crippen LogP) is 2.68. The summed E-state index contributed by atoms with van der Waals surface area (Å²) in [4.78, 5) is 0. The normalized spacial score (nSPS) is 30.8. The van der Waals surface area contributed by atoms with Crippen LogP contribution < -0.4 is 11.1 Å². The SMILES string of the molecule is C#CC(CCC)NC1(CN)CCC(CC)CC1. The van der Waals surface area contributed by atoms with Gasteiger partial charge in [-0.2, -0.15) is 0 Å². The largest absolute Gasteiger partial charge is 0.329 e. The van der Waals surface area contributed by atoms with E-state index in [9.17, 15) is 0 Å². The van der Waals surface area contributed by atoms with Gasteiger partial charge in [0.2, 0.25) is 0 Å². The maximum absolute atomic E-state index is 5.99. The molecule has 0 heterocycles. The first-order valence-electron chi connectivity index (χ1n) is 7.13. The monoisotopic (exact) mass is 236 g/mol. The van der Waals surface area contributed by atoms with Gasteiger partial charge in [-0.15, -0.1) is 6.42 Å². The highest BCUT2D eigenvalue weighted by Crippen LogP contribution is 2.33. The molecule has 1 saturated carbocycles. The van der Waals surface area contributed by atoms with Gasteiger partial charge < -0.3 is 5.73 Å². The van der Waals surface area contributed by atoms with Crippen LogP contribution in [0.25, 0.3) is 0 Å². The minimum Gasteiger partial charge on any atom is -0.329 e. The summed E-state index contributed by atoms with van der Waals surface area (Å²) in [6.07, 6.45) is 14.0. The van der Waals surface area contributed by atoms with Gasteiger partial charge in [-0.25, -0.2) is 0 Å². The quantitative estimate of drug-likeness (QED) is 0.696. The van der Waals surface area contributed by atoms with Crippen molar-refractivity contribution in [2.24, 2.45) is 11.7 Å². The number of hydrogen-bond acceptors (Lipinski definition) is 2. The van der Waals surface area contributed by atoms with Crippen LogP contribution in [0.3, 0.4) is 0 Å². The van der Waals surface area contributed by atoms with Crippen molar-refractivity contribution in [3.05, 3.63) is 0 Å². The summed E-state index contributed by atoms with van der Waals surface area (Å²) in [6.45, 7) is 5.18. The van der Waals surface area contributed by atoms with Crippen LogP contribution in [0.4, 0.5) is 0 Å². The van der Waals surface area contributed by atoms with E-state index >= 15 is 0 Å². The molecule has 17 heavy (non-hydrogen) atoms. The Balaban J connectivity index is 2.55. The van der Waals surface area contributed by atoms with Gasteiger partial charge in [0, 0.05) is 12.1 Å². The van der Waals surface area contributed by atoms with Gasteiger partial charge in [0.25, 0.3) is 0 Å². The Labute approximate surface area is 107 Å². The van der Waals surface area contributed by atoms with E-state index in [1.165, 1.54) is 32.1 Å². The summed E-state index contributed by atoms with van der Waals surface area (Å²) in [5.74, 6) is 3.76. The van der Waals surface area contributed by atoms with Gasteiger partial charge in [-0.3, -0.25) is 5.32 Å². The maximum Gasteiger partial charge on any atom is 0.0691 e. The molecule has 1 aliphatic rings. The number of hydrogen-bond donors (Lipinski definition) is 2. The van der Waals surface area contributed by atoms with Crippen molar-refractivity contribution in [1.82, 2.24) is 5.32 Å². The minimum atomic E-state index is 0.109. The summed E-state index contributed by atoms with van der Waals surface area (Å²) in [5, 5.41) is 3.65. The Hall–Kier alpha value is -0.520. The molecule has 0 saturated heterocycles. The molecule has 0 spiro atoms. The Morgan fingerprint density at radius 2 is 2.06 bits per heavy atom. The second-order valence-electron chi connectivity index (χ2n) is 5.49. The Morgan fingerprint density at radius 1 is 1.41 bits per heavy atom. The average molecular weight is 236 g/mol. The summed E-state index contributed by atoms with van der Waals surface area (Å²) in [6, 6.07) is 0.196. The molecule has 0 aromatic heterocycles. The van der Waals surface area contributed by atoms with Crippen molar-refractivity contribution < 1.29 is 0 Å². The highest BCUT2D eigenvalue weighted by Gasteiger charge is 2.34. The molecule has 0 aromatic carbocycles. The van der Waals surface area contributed by atoms with E-state index in [1.54, 1.807) is 0 Å². The average Bonchev–Trinajstić information content (AvgIpc) is 2.39. The van der Waals surface area contributed by atoms with E-state index in [4.69, 9.17) is 12.2 Å². The van der Waals surface area contributed by atoms with Gasteiger partial charge in [-0.1, -0.05) is 32.6 Å². The van der Waals surface area contributed by atoms with E-state index in [2.05, 4.69) is 25.1 Å². The molecule has 1 unspecified atom stereocenters. The summed E-state index contributed by atoms with van der Waals surface area (Å²) in [7, 11) is 0. The predicted molar refractivity (Wildman–Crippen MR) is 74.7 cm³/mol. The van der Waals surface area contributed by atoms with Crippen molar-refractivity contribution in [2.45, 2.75) is 70.4 Å². The topological polar surface area (TPSA) is 38.0 Å². The zero-order chi connectivity index (χ0) is 12.7.